The maximum Gasteiger partial charge on any atom is 0.335 e. The van der Waals surface area contributed by atoms with Gasteiger partial charge in [0, 0.05) is 11.0 Å². The van der Waals surface area contributed by atoms with Crippen molar-refractivity contribution in [2.45, 2.75) is 26.9 Å². The summed E-state index contributed by atoms with van der Waals surface area (Å²) in [5.74, 6) is 0.544. The number of hydrogen-bond acceptors (Lipinski definition) is 4. The minimum atomic E-state index is -0.934. The number of benzene rings is 1. The molecule has 0 aliphatic carbocycles. The molecular formula is C14H15BrN2O3. The molecule has 1 heterocycles. The number of aromatic carboxylic acids is 1. The Morgan fingerprint density at radius 2 is 2.15 bits per heavy atom. The SMILES string of the molecule is Cc1nc(CNCc2ccc(C(=O)O)cc2Br)oc1C. The van der Waals surface area contributed by atoms with Crippen LogP contribution in [0.5, 0.6) is 0 Å². The maximum absolute atomic E-state index is 10.8. The molecule has 0 saturated carbocycles. The van der Waals surface area contributed by atoms with Gasteiger partial charge in [0.2, 0.25) is 5.89 Å². The van der Waals surface area contributed by atoms with Crippen LogP contribution in [0.25, 0.3) is 0 Å². The molecule has 2 aromatic rings. The number of aromatic nitrogens is 1. The van der Waals surface area contributed by atoms with Crippen LogP contribution in [0.4, 0.5) is 0 Å². The van der Waals surface area contributed by atoms with Crippen molar-refractivity contribution in [3.05, 3.63) is 51.1 Å². The lowest BCUT2D eigenvalue weighted by molar-refractivity contribution is 0.0697. The number of rotatable bonds is 5. The van der Waals surface area contributed by atoms with Crippen molar-refractivity contribution in [2.24, 2.45) is 0 Å². The number of nitrogens with zero attached hydrogens (tertiary/aromatic N) is 1. The Kier molecular flexibility index (Phi) is 4.57. The van der Waals surface area contributed by atoms with Gasteiger partial charge in [-0.1, -0.05) is 22.0 Å². The van der Waals surface area contributed by atoms with E-state index >= 15 is 0 Å². The number of hydrogen-bond donors (Lipinski definition) is 2. The average molecular weight is 339 g/mol. The molecule has 0 saturated heterocycles. The molecule has 0 aliphatic heterocycles. The zero-order chi connectivity index (χ0) is 14.7. The highest BCUT2D eigenvalue weighted by Gasteiger charge is 2.08. The topological polar surface area (TPSA) is 75.4 Å². The molecular weight excluding hydrogens is 324 g/mol. The molecule has 6 heteroatoms. The Balaban J connectivity index is 1.95. The van der Waals surface area contributed by atoms with Gasteiger partial charge >= 0.3 is 5.97 Å². The fraction of sp³-hybridized carbons (Fsp3) is 0.286. The molecule has 0 radical (unpaired) electrons. The minimum Gasteiger partial charge on any atom is -0.478 e. The van der Waals surface area contributed by atoms with Crippen LogP contribution in [0.3, 0.4) is 0 Å². The van der Waals surface area contributed by atoms with Gasteiger partial charge in [0.1, 0.15) is 5.76 Å². The van der Waals surface area contributed by atoms with Gasteiger partial charge in [0.25, 0.3) is 0 Å². The van der Waals surface area contributed by atoms with E-state index in [0.29, 0.717) is 19.0 Å². The van der Waals surface area contributed by atoms with E-state index in [-0.39, 0.29) is 5.56 Å². The van der Waals surface area contributed by atoms with Crippen LogP contribution < -0.4 is 5.32 Å². The van der Waals surface area contributed by atoms with Crippen LogP contribution in [0.2, 0.25) is 0 Å². The lowest BCUT2D eigenvalue weighted by Gasteiger charge is -2.06. The number of carboxylic acid groups (broad SMARTS) is 1. The summed E-state index contributed by atoms with van der Waals surface area (Å²) in [6.45, 7) is 4.92. The van der Waals surface area contributed by atoms with Crippen molar-refractivity contribution in [1.29, 1.82) is 0 Å². The van der Waals surface area contributed by atoms with Crippen molar-refractivity contribution in [3.8, 4) is 0 Å². The summed E-state index contributed by atoms with van der Waals surface area (Å²) in [5, 5.41) is 12.1. The van der Waals surface area contributed by atoms with Crippen molar-refractivity contribution >= 4 is 21.9 Å². The van der Waals surface area contributed by atoms with E-state index in [2.05, 4.69) is 26.2 Å². The molecule has 2 rings (SSSR count). The molecule has 0 aliphatic rings. The van der Waals surface area contributed by atoms with Crippen molar-refractivity contribution < 1.29 is 14.3 Å². The van der Waals surface area contributed by atoms with Gasteiger partial charge in [-0.25, -0.2) is 9.78 Å². The minimum absolute atomic E-state index is 0.263. The van der Waals surface area contributed by atoms with E-state index in [1.54, 1.807) is 18.2 Å². The Morgan fingerprint density at radius 3 is 2.70 bits per heavy atom. The first-order chi connectivity index (χ1) is 9.47. The number of carboxylic acids is 1. The second-order valence-corrected chi connectivity index (χ2v) is 5.32. The second kappa shape index (κ2) is 6.19. The van der Waals surface area contributed by atoms with E-state index in [1.807, 2.05) is 13.8 Å². The van der Waals surface area contributed by atoms with E-state index in [0.717, 1.165) is 21.5 Å². The highest BCUT2D eigenvalue weighted by Crippen LogP contribution is 2.19. The van der Waals surface area contributed by atoms with E-state index in [9.17, 15) is 4.79 Å². The molecule has 1 aromatic heterocycles. The summed E-state index contributed by atoms with van der Waals surface area (Å²) in [6, 6.07) is 4.97. The van der Waals surface area contributed by atoms with Gasteiger partial charge < -0.3 is 14.8 Å². The van der Waals surface area contributed by atoms with Crippen molar-refractivity contribution in [2.75, 3.05) is 0 Å². The third-order valence-electron chi connectivity index (χ3n) is 2.96. The quantitative estimate of drug-likeness (QED) is 0.876. The molecule has 5 nitrogen and oxygen atoms in total. The van der Waals surface area contributed by atoms with Crippen LogP contribution in [0.15, 0.2) is 27.1 Å². The predicted octanol–water partition coefficient (Wildman–Crippen LogP) is 3.04. The Morgan fingerprint density at radius 1 is 1.40 bits per heavy atom. The van der Waals surface area contributed by atoms with Gasteiger partial charge in [-0.3, -0.25) is 0 Å². The first-order valence-corrected chi connectivity index (χ1v) is 6.92. The summed E-state index contributed by atoms with van der Waals surface area (Å²) in [4.78, 5) is 15.1. The molecule has 0 atom stereocenters. The fourth-order valence-corrected chi connectivity index (χ4v) is 2.26. The summed E-state index contributed by atoms with van der Waals surface area (Å²) in [7, 11) is 0. The fourth-order valence-electron chi connectivity index (χ4n) is 1.74. The van der Waals surface area contributed by atoms with Gasteiger partial charge in [0.05, 0.1) is 17.8 Å². The summed E-state index contributed by atoms with van der Waals surface area (Å²) in [6.07, 6.45) is 0. The third kappa shape index (κ3) is 3.46. The number of nitrogens with one attached hydrogen (secondary N) is 1. The molecule has 0 bridgehead atoms. The molecule has 0 amide bonds. The van der Waals surface area contributed by atoms with Gasteiger partial charge in [-0.15, -0.1) is 0 Å². The van der Waals surface area contributed by atoms with Crippen LogP contribution >= 0.6 is 15.9 Å². The smallest absolute Gasteiger partial charge is 0.335 e. The van der Waals surface area contributed by atoms with Crippen LogP contribution in [-0.4, -0.2) is 16.1 Å². The lowest BCUT2D eigenvalue weighted by Crippen LogP contribution is -2.13. The molecule has 0 unspecified atom stereocenters. The number of carbonyl (C=O) groups is 1. The highest BCUT2D eigenvalue weighted by atomic mass is 79.9. The normalized spacial score (nSPS) is 10.8. The molecule has 20 heavy (non-hydrogen) atoms. The van der Waals surface area contributed by atoms with Gasteiger partial charge in [0.15, 0.2) is 0 Å². The zero-order valence-corrected chi connectivity index (χ0v) is 12.8. The second-order valence-electron chi connectivity index (χ2n) is 4.46. The molecule has 106 valence electrons. The average Bonchev–Trinajstić information content (AvgIpc) is 2.70. The zero-order valence-electron chi connectivity index (χ0n) is 11.2. The van der Waals surface area contributed by atoms with E-state index in [1.165, 1.54) is 0 Å². The predicted molar refractivity (Wildman–Crippen MR) is 77.6 cm³/mol. The number of halogens is 1. The first kappa shape index (κ1) is 14.7. The monoisotopic (exact) mass is 338 g/mol. The van der Waals surface area contributed by atoms with Crippen LogP contribution in [0.1, 0.15) is 33.3 Å². The summed E-state index contributed by atoms with van der Waals surface area (Å²) < 4.78 is 6.24. The first-order valence-electron chi connectivity index (χ1n) is 6.12. The van der Waals surface area contributed by atoms with Crippen LogP contribution in [0, 0.1) is 13.8 Å². The van der Waals surface area contributed by atoms with Gasteiger partial charge in [-0.05, 0) is 31.5 Å². The number of aryl methyl sites for hydroxylation is 2. The Labute approximate surface area is 125 Å². The number of oxazole rings is 1. The maximum atomic E-state index is 10.8. The summed E-state index contributed by atoms with van der Waals surface area (Å²) in [5.41, 5.74) is 2.14. The van der Waals surface area contributed by atoms with E-state index < -0.39 is 5.97 Å². The Hall–Kier alpha value is -1.66. The third-order valence-corrected chi connectivity index (χ3v) is 3.70. The van der Waals surface area contributed by atoms with Crippen LogP contribution in [-0.2, 0) is 13.1 Å². The van der Waals surface area contributed by atoms with Crippen molar-refractivity contribution in [1.82, 2.24) is 10.3 Å². The molecule has 1 aromatic carbocycles. The Bertz CT molecular complexity index is 618. The largest absolute Gasteiger partial charge is 0.478 e. The lowest BCUT2D eigenvalue weighted by atomic mass is 10.1. The van der Waals surface area contributed by atoms with Crippen molar-refractivity contribution in [3.63, 3.8) is 0 Å². The highest BCUT2D eigenvalue weighted by molar-refractivity contribution is 9.10. The molecule has 0 spiro atoms. The van der Waals surface area contributed by atoms with E-state index in [4.69, 9.17) is 9.52 Å². The molecule has 2 N–H and O–H groups in total. The summed E-state index contributed by atoms with van der Waals surface area (Å²) >= 11 is 3.38. The van der Waals surface area contributed by atoms with Gasteiger partial charge in [-0.2, -0.15) is 0 Å². The standard InChI is InChI=1S/C14H15BrN2O3/c1-8-9(2)20-13(17-8)7-16-6-11-4-3-10(14(18)19)5-12(11)15/h3-5,16H,6-7H2,1-2H3,(H,18,19). The molecule has 0 fully saturated rings.